The summed E-state index contributed by atoms with van der Waals surface area (Å²) in [6.45, 7) is 1.71. The monoisotopic (exact) mass is 298 g/mol. The summed E-state index contributed by atoms with van der Waals surface area (Å²) >= 11 is 0. The lowest BCUT2D eigenvalue weighted by atomic mass is 10.1. The molecule has 1 aliphatic carbocycles. The highest BCUT2D eigenvalue weighted by Crippen LogP contribution is 2.23. The lowest BCUT2D eigenvalue weighted by Crippen LogP contribution is -2.28. The van der Waals surface area contributed by atoms with Gasteiger partial charge in [-0.2, -0.15) is 0 Å². The topological polar surface area (TPSA) is 95.5 Å². The number of hydrogen-bond donors (Lipinski definition) is 3. The number of hydrogen-bond acceptors (Lipinski definition) is 4. The first kappa shape index (κ1) is 15.0. The molecular weight excluding hydrogens is 280 g/mol. The molecule has 0 aromatic heterocycles. The summed E-state index contributed by atoms with van der Waals surface area (Å²) in [7, 11) is -3.57. The van der Waals surface area contributed by atoms with Gasteiger partial charge >= 0.3 is 0 Å². The van der Waals surface area contributed by atoms with Gasteiger partial charge in [0, 0.05) is 18.2 Å². The van der Waals surface area contributed by atoms with Gasteiger partial charge in [0.25, 0.3) is 5.91 Å². The molecule has 0 saturated heterocycles. The fraction of sp³-hybridized carbons (Fsp3) is 0.462. The molecule has 110 valence electrons. The van der Waals surface area contributed by atoms with Gasteiger partial charge < -0.3 is 10.4 Å². The van der Waals surface area contributed by atoms with E-state index in [0.29, 0.717) is 11.1 Å². The van der Waals surface area contributed by atoms with Crippen LogP contribution in [0.2, 0.25) is 0 Å². The number of amides is 1. The summed E-state index contributed by atoms with van der Waals surface area (Å²) in [5.41, 5.74) is 0.989. The fourth-order valence-corrected chi connectivity index (χ4v) is 3.10. The Labute approximate surface area is 118 Å². The fourth-order valence-electron chi connectivity index (χ4n) is 1.77. The first-order valence-electron chi connectivity index (χ1n) is 6.46. The number of carbonyl (C=O) groups excluding carboxylic acids is 1. The van der Waals surface area contributed by atoms with Gasteiger partial charge in [-0.1, -0.05) is 6.07 Å². The predicted molar refractivity (Wildman–Crippen MR) is 73.9 cm³/mol. The van der Waals surface area contributed by atoms with E-state index in [1.54, 1.807) is 13.0 Å². The Kier molecular flexibility index (Phi) is 4.42. The van der Waals surface area contributed by atoms with E-state index in [1.807, 2.05) is 0 Å². The number of benzene rings is 1. The van der Waals surface area contributed by atoms with Crippen LogP contribution in [-0.2, 0) is 10.0 Å². The maximum atomic E-state index is 12.1. The minimum Gasteiger partial charge on any atom is -0.395 e. The number of aliphatic hydroxyl groups is 1. The highest BCUT2D eigenvalue weighted by atomic mass is 32.2. The predicted octanol–water partition coefficient (Wildman–Crippen LogP) is 0.158. The summed E-state index contributed by atoms with van der Waals surface area (Å²) in [6.07, 6.45) is 1.71. The van der Waals surface area contributed by atoms with Gasteiger partial charge in [0.05, 0.1) is 11.5 Å². The normalized spacial score (nSPS) is 15.1. The van der Waals surface area contributed by atoms with E-state index in [-0.39, 0.29) is 30.0 Å². The van der Waals surface area contributed by atoms with Crippen molar-refractivity contribution in [2.24, 2.45) is 0 Å². The van der Waals surface area contributed by atoms with Gasteiger partial charge in [0.15, 0.2) is 0 Å². The van der Waals surface area contributed by atoms with Crippen molar-refractivity contribution in [3.8, 4) is 0 Å². The molecule has 1 fully saturated rings. The van der Waals surface area contributed by atoms with Gasteiger partial charge in [0.2, 0.25) is 10.0 Å². The van der Waals surface area contributed by atoms with E-state index < -0.39 is 10.0 Å². The Morgan fingerprint density at radius 3 is 2.70 bits per heavy atom. The van der Waals surface area contributed by atoms with Crippen molar-refractivity contribution in [2.45, 2.75) is 30.7 Å². The molecule has 1 aliphatic rings. The highest BCUT2D eigenvalue weighted by Gasteiger charge is 2.28. The van der Waals surface area contributed by atoms with Crippen LogP contribution in [0.3, 0.4) is 0 Å². The van der Waals surface area contributed by atoms with Crippen molar-refractivity contribution in [3.63, 3.8) is 0 Å². The van der Waals surface area contributed by atoms with Crippen LogP contribution in [0.25, 0.3) is 0 Å². The molecule has 0 atom stereocenters. The summed E-state index contributed by atoms with van der Waals surface area (Å²) in [5.74, 6) is -0.389. The second-order valence-corrected chi connectivity index (χ2v) is 6.57. The number of sulfonamides is 1. The maximum absolute atomic E-state index is 12.1. The number of carbonyl (C=O) groups is 1. The van der Waals surface area contributed by atoms with Gasteiger partial charge in [-0.15, -0.1) is 0 Å². The van der Waals surface area contributed by atoms with E-state index in [1.165, 1.54) is 12.1 Å². The van der Waals surface area contributed by atoms with E-state index in [4.69, 9.17) is 5.11 Å². The minimum atomic E-state index is -3.57. The largest absolute Gasteiger partial charge is 0.395 e. The van der Waals surface area contributed by atoms with Crippen LogP contribution in [0.5, 0.6) is 0 Å². The summed E-state index contributed by atoms with van der Waals surface area (Å²) in [5, 5.41) is 11.2. The Morgan fingerprint density at radius 2 is 2.10 bits per heavy atom. The lowest BCUT2D eigenvalue weighted by Gasteiger charge is -2.10. The van der Waals surface area contributed by atoms with Crippen LogP contribution in [0.1, 0.15) is 28.8 Å². The molecule has 0 spiro atoms. The van der Waals surface area contributed by atoms with Crippen LogP contribution in [-0.4, -0.2) is 38.6 Å². The standard InChI is InChI=1S/C13H18N2O4S/c1-9-2-5-11(20(18,19)15-10-3-4-10)8-12(9)13(17)14-6-7-16/h2,5,8,10,15-16H,3-4,6-7H2,1H3,(H,14,17). The Balaban J connectivity index is 2.25. The molecule has 6 nitrogen and oxygen atoms in total. The number of aryl methyl sites for hydroxylation is 1. The third-order valence-electron chi connectivity index (χ3n) is 3.06. The summed E-state index contributed by atoms with van der Waals surface area (Å²) in [4.78, 5) is 12.0. The smallest absolute Gasteiger partial charge is 0.251 e. The van der Waals surface area contributed by atoms with Crippen molar-refractivity contribution in [2.75, 3.05) is 13.2 Å². The van der Waals surface area contributed by atoms with Crippen LogP contribution >= 0.6 is 0 Å². The quantitative estimate of drug-likeness (QED) is 0.697. The summed E-state index contributed by atoms with van der Waals surface area (Å²) in [6, 6.07) is 4.48. The van der Waals surface area contributed by atoms with Crippen LogP contribution in [0.4, 0.5) is 0 Å². The number of rotatable bonds is 6. The van der Waals surface area contributed by atoms with Gasteiger partial charge in [-0.05, 0) is 37.5 Å². The van der Waals surface area contributed by atoms with E-state index in [9.17, 15) is 13.2 Å². The van der Waals surface area contributed by atoms with Gasteiger partial charge in [-0.25, -0.2) is 13.1 Å². The molecule has 1 saturated carbocycles. The van der Waals surface area contributed by atoms with Crippen molar-refractivity contribution in [1.82, 2.24) is 10.0 Å². The van der Waals surface area contributed by atoms with Crippen LogP contribution < -0.4 is 10.0 Å². The third-order valence-corrected chi connectivity index (χ3v) is 4.58. The highest BCUT2D eigenvalue weighted by molar-refractivity contribution is 7.89. The van der Waals surface area contributed by atoms with Crippen molar-refractivity contribution >= 4 is 15.9 Å². The van der Waals surface area contributed by atoms with Crippen LogP contribution in [0, 0.1) is 6.92 Å². The maximum Gasteiger partial charge on any atom is 0.251 e. The molecule has 0 unspecified atom stereocenters. The van der Waals surface area contributed by atoms with Gasteiger partial charge in [-0.3, -0.25) is 4.79 Å². The Morgan fingerprint density at radius 1 is 1.40 bits per heavy atom. The first-order valence-corrected chi connectivity index (χ1v) is 7.94. The Bertz CT molecular complexity index is 609. The zero-order valence-corrected chi connectivity index (χ0v) is 12.0. The lowest BCUT2D eigenvalue weighted by molar-refractivity contribution is 0.0944. The zero-order chi connectivity index (χ0) is 14.8. The average molecular weight is 298 g/mol. The van der Waals surface area contributed by atoms with E-state index in [0.717, 1.165) is 12.8 Å². The second-order valence-electron chi connectivity index (χ2n) is 4.85. The van der Waals surface area contributed by atoms with E-state index in [2.05, 4.69) is 10.0 Å². The SMILES string of the molecule is Cc1ccc(S(=O)(=O)NC2CC2)cc1C(=O)NCCO. The molecular formula is C13H18N2O4S. The molecule has 7 heteroatoms. The number of nitrogens with one attached hydrogen (secondary N) is 2. The number of aliphatic hydroxyl groups excluding tert-OH is 1. The molecule has 0 bridgehead atoms. The Hall–Kier alpha value is -1.44. The zero-order valence-electron chi connectivity index (χ0n) is 11.2. The molecule has 2 rings (SSSR count). The molecule has 3 N–H and O–H groups in total. The first-order chi connectivity index (χ1) is 9.44. The minimum absolute atomic E-state index is 0.0213. The second kappa shape index (κ2) is 5.90. The van der Waals surface area contributed by atoms with Crippen LogP contribution in [0.15, 0.2) is 23.1 Å². The molecule has 0 aliphatic heterocycles. The van der Waals surface area contributed by atoms with Crippen molar-refractivity contribution < 1.29 is 18.3 Å². The summed E-state index contributed by atoms with van der Waals surface area (Å²) < 4.78 is 26.8. The van der Waals surface area contributed by atoms with E-state index >= 15 is 0 Å². The average Bonchev–Trinajstić information content (AvgIpc) is 3.19. The molecule has 20 heavy (non-hydrogen) atoms. The van der Waals surface area contributed by atoms with Gasteiger partial charge in [0.1, 0.15) is 0 Å². The van der Waals surface area contributed by atoms with Crippen molar-refractivity contribution in [3.05, 3.63) is 29.3 Å². The molecule has 1 amide bonds. The van der Waals surface area contributed by atoms with Crippen molar-refractivity contribution in [1.29, 1.82) is 0 Å². The molecule has 0 heterocycles. The third kappa shape index (κ3) is 3.56. The molecule has 1 aromatic rings. The molecule has 1 aromatic carbocycles. The molecule has 0 radical (unpaired) electrons.